The van der Waals surface area contributed by atoms with E-state index in [2.05, 4.69) is 48.5 Å². The molecular formula is C84H164O17P2. The van der Waals surface area contributed by atoms with Gasteiger partial charge in [-0.15, -0.1) is 0 Å². The largest absolute Gasteiger partial charge is 0.472 e. The van der Waals surface area contributed by atoms with E-state index < -0.39 is 97.5 Å². The van der Waals surface area contributed by atoms with Crippen LogP contribution in [0.15, 0.2) is 0 Å². The van der Waals surface area contributed by atoms with Gasteiger partial charge in [0.05, 0.1) is 26.4 Å². The van der Waals surface area contributed by atoms with Gasteiger partial charge in [0.15, 0.2) is 12.2 Å². The van der Waals surface area contributed by atoms with E-state index in [1.807, 2.05) is 0 Å². The Hall–Kier alpha value is -1.94. The maximum Gasteiger partial charge on any atom is 0.472 e. The van der Waals surface area contributed by atoms with Gasteiger partial charge in [-0.25, -0.2) is 9.13 Å². The third-order valence-electron chi connectivity index (χ3n) is 20.4. The molecule has 17 nitrogen and oxygen atoms in total. The molecule has 0 aromatic carbocycles. The van der Waals surface area contributed by atoms with Crippen LogP contribution in [0.1, 0.15) is 440 Å². The second-order valence-corrected chi connectivity index (χ2v) is 34.1. The van der Waals surface area contributed by atoms with E-state index in [0.717, 1.165) is 114 Å². The Morgan fingerprint density at radius 2 is 0.495 bits per heavy atom. The van der Waals surface area contributed by atoms with Crippen molar-refractivity contribution in [3.63, 3.8) is 0 Å². The van der Waals surface area contributed by atoms with Gasteiger partial charge in [0.2, 0.25) is 0 Å². The molecule has 0 saturated carbocycles. The van der Waals surface area contributed by atoms with Crippen molar-refractivity contribution in [2.45, 2.75) is 458 Å². The van der Waals surface area contributed by atoms with Crippen LogP contribution in [-0.4, -0.2) is 96.7 Å². The summed E-state index contributed by atoms with van der Waals surface area (Å²) in [5.74, 6) is 0.264. The molecule has 0 saturated heterocycles. The van der Waals surface area contributed by atoms with E-state index in [-0.39, 0.29) is 25.7 Å². The number of phosphoric acid groups is 2. The molecule has 0 aliphatic carbocycles. The Bertz CT molecular complexity index is 2000. The zero-order valence-corrected chi connectivity index (χ0v) is 69.6. The van der Waals surface area contributed by atoms with E-state index in [1.54, 1.807) is 0 Å². The summed E-state index contributed by atoms with van der Waals surface area (Å²) >= 11 is 0. The molecule has 0 aromatic heterocycles. The predicted molar refractivity (Wildman–Crippen MR) is 423 cm³/mol. The Labute approximate surface area is 632 Å². The molecule has 0 heterocycles. The number of aliphatic hydroxyl groups is 1. The van der Waals surface area contributed by atoms with Crippen LogP contribution in [-0.2, 0) is 65.4 Å². The lowest BCUT2D eigenvalue weighted by molar-refractivity contribution is -0.161. The summed E-state index contributed by atoms with van der Waals surface area (Å²) in [6.07, 6.45) is 63.8. The number of esters is 4. The second kappa shape index (κ2) is 74.2. The zero-order chi connectivity index (χ0) is 75.8. The van der Waals surface area contributed by atoms with Gasteiger partial charge in [0.25, 0.3) is 0 Å². The van der Waals surface area contributed by atoms with Crippen molar-refractivity contribution < 1.29 is 80.2 Å². The van der Waals surface area contributed by atoms with Gasteiger partial charge in [0, 0.05) is 25.7 Å². The topological polar surface area (TPSA) is 237 Å². The van der Waals surface area contributed by atoms with E-state index in [1.165, 1.54) is 244 Å². The van der Waals surface area contributed by atoms with Crippen LogP contribution in [0.4, 0.5) is 0 Å². The maximum absolute atomic E-state index is 13.1. The molecule has 19 heteroatoms. The number of carbonyl (C=O) groups is 4. The fraction of sp³-hybridized carbons (Fsp3) is 0.952. The molecule has 0 fully saturated rings. The Morgan fingerprint density at radius 3 is 0.738 bits per heavy atom. The first kappa shape index (κ1) is 101. The van der Waals surface area contributed by atoms with E-state index in [4.69, 9.17) is 37.0 Å². The van der Waals surface area contributed by atoms with Crippen LogP contribution < -0.4 is 0 Å². The molecule has 612 valence electrons. The molecule has 0 spiro atoms. The first-order valence-electron chi connectivity index (χ1n) is 43.4. The summed E-state index contributed by atoms with van der Waals surface area (Å²) in [5.41, 5.74) is 0. The summed E-state index contributed by atoms with van der Waals surface area (Å²) < 4.78 is 68.8. The van der Waals surface area contributed by atoms with Crippen molar-refractivity contribution in [1.82, 2.24) is 0 Å². The molecule has 103 heavy (non-hydrogen) atoms. The van der Waals surface area contributed by atoms with Crippen LogP contribution in [0.5, 0.6) is 0 Å². The van der Waals surface area contributed by atoms with Crippen LogP contribution in [0.2, 0.25) is 0 Å². The third kappa shape index (κ3) is 75.3. The quantitative estimate of drug-likeness (QED) is 0.0222. The molecule has 0 aromatic rings. The van der Waals surface area contributed by atoms with Crippen LogP contribution in [0.3, 0.4) is 0 Å². The molecular weight excluding hydrogens is 1340 g/mol. The third-order valence-corrected chi connectivity index (χ3v) is 22.3. The minimum absolute atomic E-state index is 0.107. The summed E-state index contributed by atoms with van der Waals surface area (Å²) in [6, 6.07) is 0. The monoisotopic (exact) mass is 1510 g/mol. The minimum atomic E-state index is -4.96. The van der Waals surface area contributed by atoms with Crippen molar-refractivity contribution in [2.24, 2.45) is 17.8 Å². The molecule has 0 rings (SSSR count). The first-order chi connectivity index (χ1) is 49.8. The molecule has 7 atom stereocenters. The molecule has 0 bridgehead atoms. The molecule has 3 N–H and O–H groups in total. The highest BCUT2D eigenvalue weighted by Gasteiger charge is 2.30. The lowest BCUT2D eigenvalue weighted by Gasteiger charge is -2.21. The van der Waals surface area contributed by atoms with Gasteiger partial charge in [0.1, 0.15) is 19.3 Å². The molecule has 4 unspecified atom stereocenters. The van der Waals surface area contributed by atoms with Crippen molar-refractivity contribution in [1.29, 1.82) is 0 Å². The molecule has 0 aliphatic heterocycles. The van der Waals surface area contributed by atoms with Crippen LogP contribution >= 0.6 is 15.6 Å². The molecule has 0 radical (unpaired) electrons. The standard InChI is InChI=1S/C84H164O17P2/c1-8-11-12-13-14-15-16-17-18-19-20-21-28-33-38-43-51-58-65-81(86)94-71-79(100-83(88)67-61-54-45-40-35-30-25-23-27-32-37-42-49-56-63-76(6)9-2)73-98-102(90,91)96-69-78(85)70-97-103(92,93)99-74-80(72-95-82(87)66-59-52-47-46-50-57-64-77(7)10-3)101-84(89)68-60-53-44-39-34-29-24-22-26-31-36-41-48-55-62-75(4)5/h75-80,85H,8-74H2,1-7H3,(H,90,91)(H,92,93)/t76?,77?,78-,79-,80-/m1/s1. The molecule has 0 aliphatic rings. The molecule has 0 amide bonds. The van der Waals surface area contributed by atoms with E-state index in [9.17, 15) is 43.2 Å². The maximum atomic E-state index is 13.1. The number of rotatable bonds is 82. The van der Waals surface area contributed by atoms with E-state index >= 15 is 0 Å². The van der Waals surface area contributed by atoms with Crippen LogP contribution in [0, 0.1) is 17.8 Å². The van der Waals surface area contributed by atoms with Crippen molar-refractivity contribution in [3.8, 4) is 0 Å². The average molecular weight is 1510 g/mol. The van der Waals surface area contributed by atoms with E-state index in [0.29, 0.717) is 25.7 Å². The summed E-state index contributed by atoms with van der Waals surface area (Å²) in [6.45, 7) is 12.0. The summed E-state index contributed by atoms with van der Waals surface area (Å²) in [4.78, 5) is 73.2. The number of phosphoric ester groups is 2. The van der Waals surface area contributed by atoms with Crippen LogP contribution in [0.25, 0.3) is 0 Å². The second-order valence-electron chi connectivity index (χ2n) is 31.2. The van der Waals surface area contributed by atoms with Gasteiger partial charge in [-0.05, 0) is 43.4 Å². The number of hydrogen-bond donors (Lipinski definition) is 3. The lowest BCUT2D eigenvalue weighted by Crippen LogP contribution is -2.30. The summed E-state index contributed by atoms with van der Waals surface area (Å²) in [7, 11) is -9.93. The highest BCUT2D eigenvalue weighted by Crippen LogP contribution is 2.45. The predicted octanol–water partition coefficient (Wildman–Crippen LogP) is 25.3. The number of hydrogen-bond acceptors (Lipinski definition) is 15. The van der Waals surface area contributed by atoms with Gasteiger partial charge < -0.3 is 33.8 Å². The Balaban J connectivity index is 5.25. The summed E-state index contributed by atoms with van der Waals surface area (Å²) in [5, 5.41) is 10.7. The van der Waals surface area contributed by atoms with Crippen molar-refractivity contribution >= 4 is 39.5 Å². The fourth-order valence-electron chi connectivity index (χ4n) is 13.0. The number of aliphatic hydroxyl groups excluding tert-OH is 1. The van der Waals surface area contributed by atoms with Crippen molar-refractivity contribution in [2.75, 3.05) is 39.6 Å². The highest BCUT2D eigenvalue weighted by molar-refractivity contribution is 7.47. The first-order valence-corrected chi connectivity index (χ1v) is 46.4. The number of unbranched alkanes of at least 4 members (excludes halogenated alkanes) is 48. The fourth-order valence-corrected chi connectivity index (χ4v) is 14.5. The normalized spacial score (nSPS) is 14.4. The number of carbonyl (C=O) groups excluding carboxylic acids is 4. The van der Waals surface area contributed by atoms with Crippen molar-refractivity contribution in [3.05, 3.63) is 0 Å². The van der Waals surface area contributed by atoms with Gasteiger partial charge in [-0.3, -0.25) is 37.3 Å². The van der Waals surface area contributed by atoms with Gasteiger partial charge in [-0.2, -0.15) is 0 Å². The Kier molecular flexibility index (Phi) is 72.8. The zero-order valence-electron chi connectivity index (χ0n) is 67.8. The van der Waals surface area contributed by atoms with Gasteiger partial charge in [-0.1, -0.05) is 389 Å². The SMILES string of the molecule is CCCCCCCCCCCCCCCCCCCCC(=O)OC[C@H](COP(=O)(O)OC[C@@H](O)COP(=O)(O)OC[C@@H](COC(=O)CCCCCCCCC(C)CC)OC(=O)CCCCCCCCCCCCCCCCC(C)C)OC(=O)CCCCCCCCCCCCCCCCC(C)CC. The minimum Gasteiger partial charge on any atom is -0.462 e. The lowest BCUT2D eigenvalue weighted by atomic mass is 9.99. The van der Waals surface area contributed by atoms with Gasteiger partial charge >= 0.3 is 39.5 Å². The number of ether oxygens (including phenoxy) is 4. The highest BCUT2D eigenvalue weighted by atomic mass is 31.2. The smallest absolute Gasteiger partial charge is 0.462 e. The Morgan fingerprint density at radius 1 is 0.282 bits per heavy atom. The average Bonchev–Trinajstić information content (AvgIpc) is 0.932.